The van der Waals surface area contributed by atoms with Gasteiger partial charge in [0.15, 0.2) is 23.3 Å². The number of esters is 1. The zero-order chi connectivity index (χ0) is 26.5. The molecule has 0 spiro atoms. The molecular formula is C31H32F4O2. The Morgan fingerprint density at radius 2 is 1.51 bits per heavy atom. The van der Waals surface area contributed by atoms with Crippen molar-refractivity contribution < 1.29 is 27.1 Å². The van der Waals surface area contributed by atoms with Gasteiger partial charge >= 0.3 is 5.97 Å². The van der Waals surface area contributed by atoms with E-state index in [9.17, 15) is 18.0 Å². The molecule has 0 radical (unpaired) electrons. The van der Waals surface area contributed by atoms with Crippen LogP contribution in [0.3, 0.4) is 0 Å². The largest absolute Gasteiger partial charge is 0.459 e. The molecule has 37 heavy (non-hydrogen) atoms. The Balaban J connectivity index is 1.39. The Morgan fingerprint density at radius 3 is 2.16 bits per heavy atom. The number of unbranched alkanes of at least 4 members (excludes halogenated alkanes) is 1. The van der Waals surface area contributed by atoms with E-state index < -0.39 is 40.9 Å². The van der Waals surface area contributed by atoms with Gasteiger partial charge in [-0.3, -0.25) is 0 Å². The summed E-state index contributed by atoms with van der Waals surface area (Å²) in [5, 5.41) is 0. The van der Waals surface area contributed by atoms with E-state index in [0.717, 1.165) is 24.8 Å². The van der Waals surface area contributed by atoms with E-state index in [2.05, 4.69) is 0 Å². The second kappa shape index (κ2) is 11.9. The summed E-state index contributed by atoms with van der Waals surface area (Å²) in [5.74, 6) is -5.03. The molecule has 2 nitrogen and oxygen atoms in total. The van der Waals surface area contributed by atoms with Crippen molar-refractivity contribution in [3.05, 3.63) is 94.1 Å². The molecule has 0 heterocycles. The summed E-state index contributed by atoms with van der Waals surface area (Å²) in [5.41, 5.74) is 2.10. The minimum Gasteiger partial charge on any atom is -0.459 e. The van der Waals surface area contributed by atoms with Crippen molar-refractivity contribution in [1.82, 2.24) is 0 Å². The number of carbonyl (C=O) groups excluding carboxylic acids is 1. The smallest absolute Gasteiger partial charge is 0.341 e. The first kappa shape index (κ1) is 26.9. The van der Waals surface area contributed by atoms with Crippen molar-refractivity contribution >= 4 is 5.97 Å². The fourth-order valence-electron chi connectivity index (χ4n) is 5.04. The van der Waals surface area contributed by atoms with Gasteiger partial charge < -0.3 is 4.74 Å². The van der Waals surface area contributed by atoms with Gasteiger partial charge in [-0.15, -0.1) is 0 Å². The third kappa shape index (κ3) is 5.89. The van der Waals surface area contributed by atoms with Gasteiger partial charge in [0.25, 0.3) is 0 Å². The first-order valence-corrected chi connectivity index (χ1v) is 13.1. The van der Waals surface area contributed by atoms with E-state index in [1.165, 1.54) is 12.1 Å². The molecule has 0 amide bonds. The maximum atomic E-state index is 15.1. The Labute approximate surface area is 215 Å². The fourth-order valence-corrected chi connectivity index (χ4v) is 5.04. The predicted molar refractivity (Wildman–Crippen MR) is 137 cm³/mol. The summed E-state index contributed by atoms with van der Waals surface area (Å²) in [6, 6.07) is 13.4. The molecule has 0 aliphatic heterocycles. The maximum Gasteiger partial charge on any atom is 0.341 e. The van der Waals surface area contributed by atoms with E-state index in [1.807, 2.05) is 26.0 Å². The lowest BCUT2D eigenvalue weighted by atomic mass is 9.82. The maximum absolute atomic E-state index is 15.1. The van der Waals surface area contributed by atoms with Crippen LogP contribution in [0.25, 0.3) is 11.1 Å². The second-order valence-corrected chi connectivity index (χ2v) is 9.76. The normalized spacial score (nSPS) is 17.6. The van der Waals surface area contributed by atoms with Gasteiger partial charge in [0.1, 0.15) is 6.10 Å². The van der Waals surface area contributed by atoms with Crippen molar-refractivity contribution in [3.63, 3.8) is 0 Å². The number of hydrogen-bond donors (Lipinski definition) is 0. The molecule has 196 valence electrons. The standard InChI is InChI=1S/C31H32F4O2/c1-3-5-6-22-13-16-26(30(35)27(22)32)31(36)37-23-14-11-21(12-15-23)25-18-17-24(28(33)29(25)34)20-9-7-19(4-2)8-10-20/h7-10,13,16-18,21,23H,3-6,11-12,14-15H2,1-2H3. The second-order valence-electron chi connectivity index (χ2n) is 9.76. The van der Waals surface area contributed by atoms with Gasteiger partial charge in [-0.1, -0.05) is 62.7 Å². The van der Waals surface area contributed by atoms with Crippen molar-refractivity contribution in [3.8, 4) is 11.1 Å². The summed E-state index contributed by atoms with van der Waals surface area (Å²) in [6.45, 7) is 3.99. The third-order valence-electron chi connectivity index (χ3n) is 7.35. The Bertz CT molecular complexity index is 1250. The molecule has 6 heteroatoms. The van der Waals surface area contributed by atoms with Crippen LogP contribution in [0.2, 0.25) is 0 Å². The van der Waals surface area contributed by atoms with Crippen molar-refractivity contribution in [2.24, 2.45) is 0 Å². The van der Waals surface area contributed by atoms with Gasteiger partial charge in [-0.05, 0) is 79.2 Å². The number of hydrogen-bond acceptors (Lipinski definition) is 2. The van der Waals surface area contributed by atoms with Crippen LogP contribution in [0, 0.1) is 23.3 Å². The van der Waals surface area contributed by atoms with E-state index >= 15 is 4.39 Å². The number of ether oxygens (including phenoxy) is 1. The molecule has 0 N–H and O–H groups in total. The number of halogens is 4. The third-order valence-corrected chi connectivity index (χ3v) is 7.35. The van der Waals surface area contributed by atoms with Gasteiger partial charge in [-0.2, -0.15) is 0 Å². The molecule has 0 saturated heterocycles. The molecule has 0 bridgehead atoms. The number of benzene rings is 3. The lowest BCUT2D eigenvalue weighted by molar-refractivity contribution is 0.0188. The van der Waals surface area contributed by atoms with Crippen molar-refractivity contribution in [2.45, 2.75) is 77.2 Å². The quantitative estimate of drug-likeness (QED) is 0.223. The van der Waals surface area contributed by atoms with Crippen LogP contribution < -0.4 is 0 Å². The fraction of sp³-hybridized carbons (Fsp3) is 0.387. The van der Waals surface area contributed by atoms with Crippen LogP contribution >= 0.6 is 0 Å². The lowest BCUT2D eigenvalue weighted by Gasteiger charge is -2.29. The summed E-state index contributed by atoms with van der Waals surface area (Å²) in [7, 11) is 0. The number of carbonyl (C=O) groups is 1. The Morgan fingerprint density at radius 1 is 0.811 bits per heavy atom. The molecule has 0 atom stereocenters. The molecule has 0 unspecified atom stereocenters. The summed E-state index contributed by atoms with van der Waals surface area (Å²) < 4.78 is 64.4. The SMILES string of the molecule is CCCCc1ccc(C(=O)OC2CCC(c3ccc(-c4ccc(CC)cc4)c(F)c3F)CC2)c(F)c1F. The van der Waals surface area contributed by atoms with Crippen LogP contribution in [0.1, 0.15) is 85.3 Å². The Kier molecular flexibility index (Phi) is 8.67. The topological polar surface area (TPSA) is 26.3 Å². The monoisotopic (exact) mass is 512 g/mol. The van der Waals surface area contributed by atoms with E-state index in [1.54, 1.807) is 24.3 Å². The van der Waals surface area contributed by atoms with Crippen molar-refractivity contribution in [1.29, 1.82) is 0 Å². The van der Waals surface area contributed by atoms with Crippen LogP contribution in [-0.4, -0.2) is 12.1 Å². The van der Waals surface area contributed by atoms with Crippen LogP contribution in [0.4, 0.5) is 17.6 Å². The lowest BCUT2D eigenvalue weighted by Crippen LogP contribution is -2.25. The van der Waals surface area contributed by atoms with E-state index in [-0.39, 0.29) is 17.0 Å². The van der Waals surface area contributed by atoms with Crippen LogP contribution in [0.5, 0.6) is 0 Å². The highest BCUT2D eigenvalue weighted by Gasteiger charge is 2.29. The molecule has 1 aliphatic carbocycles. The van der Waals surface area contributed by atoms with Gasteiger partial charge in [0.05, 0.1) is 5.56 Å². The average Bonchev–Trinajstić information content (AvgIpc) is 2.91. The van der Waals surface area contributed by atoms with E-state index in [0.29, 0.717) is 43.2 Å². The highest BCUT2D eigenvalue weighted by atomic mass is 19.2. The molecule has 1 fully saturated rings. The zero-order valence-electron chi connectivity index (χ0n) is 21.3. The van der Waals surface area contributed by atoms with Gasteiger partial charge in [-0.25, -0.2) is 22.4 Å². The van der Waals surface area contributed by atoms with Gasteiger partial charge in [0, 0.05) is 5.56 Å². The Hall–Kier alpha value is -3.15. The highest BCUT2D eigenvalue weighted by Crippen LogP contribution is 2.38. The summed E-state index contributed by atoms with van der Waals surface area (Å²) in [4.78, 5) is 12.5. The predicted octanol–water partition coefficient (Wildman–Crippen LogP) is 8.70. The molecular weight excluding hydrogens is 480 g/mol. The molecule has 1 aliphatic rings. The number of aryl methyl sites for hydroxylation is 2. The molecule has 0 aromatic heterocycles. The minimum atomic E-state index is -1.19. The first-order valence-electron chi connectivity index (χ1n) is 13.1. The van der Waals surface area contributed by atoms with Crippen molar-refractivity contribution in [2.75, 3.05) is 0 Å². The minimum absolute atomic E-state index is 0.215. The first-order chi connectivity index (χ1) is 17.8. The zero-order valence-corrected chi connectivity index (χ0v) is 21.3. The molecule has 4 rings (SSSR count). The van der Waals surface area contributed by atoms with Gasteiger partial charge in [0.2, 0.25) is 0 Å². The van der Waals surface area contributed by atoms with Crippen LogP contribution in [0.15, 0.2) is 48.5 Å². The summed E-state index contributed by atoms with van der Waals surface area (Å²) >= 11 is 0. The highest BCUT2D eigenvalue weighted by molar-refractivity contribution is 5.90. The molecule has 3 aromatic carbocycles. The molecule has 3 aromatic rings. The summed E-state index contributed by atoms with van der Waals surface area (Å²) in [6.07, 6.45) is 4.19. The number of rotatable bonds is 8. The van der Waals surface area contributed by atoms with Crippen LogP contribution in [-0.2, 0) is 17.6 Å². The molecule has 1 saturated carbocycles. The van der Waals surface area contributed by atoms with E-state index in [4.69, 9.17) is 4.74 Å². The average molecular weight is 513 g/mol.